The van der Waals surface area contributed by atoms with Gasteiger partial charge in [-0.1, -0.05) is 44.2 Å². The third-order valence-electron chi connectivity index (χ3n) is 9.54. The van der Waals surface area contributed by atoms with E-state index in [-0.39, 0.29) is 29.8 Å². The molecule has 0 amide bonds. The molecule has 0 aromatic carbocycles. The highest BCUT2D eigenvalue weighted by Crippen LogP contribution is 2.37. The summed E-state index contributed by atoms with van der Waals surface area (Å²) in [7, 11) is 2.05. The Kier molecular flexibility index (Phi) is 7.35. The van der Waals surface area contributed by atoms with Crippen LogP contribution in [0.1, 0.15) is 84.5 Å². The number of aromatic amines is 1. The molecule has 3 saturated carbocycles. The number of aliphatic hydroxyl groups excluding tert-OH is 1. The minimum Gasteiger partial charge on any atom is -0.391 e. The summed E-state index contributed by atoms with van der Waals surface area (Å²) in [5, 5.41) is 18.5. The highest BCUT2D eigenvalue weighted by molar-refractivity contribution is 5.87. The minimum atomic E-state index is -0.644. The quantitative estimate of drug-likeness (QED) is 0.382. The van der Waals surface area contributed by atoms with Crippen LogP contribution in [0, 0.1) is 17.8 Å². The fraction of sp³-hybridized carbons (Fsp3) is 0.750. The van der Waals surface area contributed by atoms with Gasteiger partial charge in [-0.05, 0) is 63.2 Å². The van der Waals surface area contributed by atoms with Gasteiger partial charge < -0.3 is 19.9 Å². The van der Waals surface area contributed by atoms with Crippen LogP contribution in [0.4, 0.5) is 11.8 Å². The predicted molar refractivity (Wildman–Crippen MR) is 150 cm³/mol. The maximum absolute atomic E-state index is 11.7. The van der Waals surface area contributed by atoms with Crippen LogP contribution in [0.3, 0.4) is 0 Å². The highest BCUT2D eigenvalue weighted by atomic mass is 16.5. The zero-order valence-electron chi connectivity index (χ0n) is 23.4. The standard InChI is InChI=1S/C28H42N8O3/c1-16-11-13-18(14-12-16)15-36-22-23(29-17(2)19-7-6-8-19)30-25(26-33-28(38)39-34-26)31-24(22)32-27(36)35(3)20-9-4-5-10-21(20)37/h16-21,37H,4-15H2,1-3H3,(H,29,30,31)(H,33,34,38)/t16-,17-,18-,20-,21+/m1/s1. The second-order valence-electron chi connectivity index (χ2n) is 12.3. The van der Waals surface area contributed by atoms with E-state index in [4.69, 9.17) is 19.5 Å². The van der Waals surface area contributed by atoms with Gasteiger partial charge in [0.15, 0.2) is 11.5 Å². The molecule has 6 rings (SSSR count). The summed E-state index contributed by atoms with van der Waals surface area (Å²) >= 11 is 0. The number of rotatable bonds is 8. The van der Waals surface area contributed by atoms with Gasteiger partial charge in [-0.3, -0.25) is 9.51 Å². The van der Waals surface area contributed by atoms with Crippen molar-refractivity contribution >= 4 is 22.9 Å². The molecule has 0 unspecified atom stereocenters. The average Bonchev–Trinajstić information content (AvgIpc) is 3.48. The van der Waals surface area contributed by atoms with Crippen LogP contribution in [-0.4, -0.2) is 60.0 Å². The lowest BCUT2D eigenvalue weighted by atomic mass is 9.80. The number of nitrogens with zero attached hydrogens (tertiary/aromatic N) is 6. The van der Waals surface area contributed by atoms with E-state index in [1.807, 2.05) is 7.05 Å². The molecule has 11 nitrogen and oxygen atoms in total. The molecular formula is C28H42N8O3. The minimum absolute atomic E-state index is 0.00493. The fourth-order valence-electron chi connectivity index (χ4n) is 6.73. The van der Waals surface area contributed by atoms with Crippen molar-refractivity contribution in [1.82, 2.24) is 29.7 Å². The third-order valence-corrected chi connectivity index (χ3v) is 9.54. The van der Waals surface area contributed by atoms with Gasteiger partial charge in [0.1, 0.15) is 5.52 Å². The normalized spacial score (nSPS) is 26.9. The van der Waals surface area contributed by atoms with Crippen molar-refractivity contribution in [3.05, 3.63) is 10.6 Å². The van der Waals surface area contributed by atoms with Crippen LogP contribution in [-0.2, 0) is 6.54 Å². The molecule has 3 fully saturated rings. The number of hydrogen-bond donors (Lipinski definition) is 3. The van der Waals surface area contributed by atoms with Gasteiger partial charge in [0.2, 0.25) is 17.6 Å². The molecule has 3 atom stereocenters. The van der Waals surface area contributed by atoms with E-state index in [0.717, 1.165) is 49.6 Å². The first-order valence-electron chi connectivity index (χ1n) is 14.9. The predicted octanol–water partition coefficient (Wildman–Crippen LogP) is 4.34. The Balaban J connectivity index is 1.47. The summed E-state index contributed by atoms with van der Waals surface area (Å²) in [4.78, 5) is 31.2. The van der Waals surface area contributed by atoms with Crippen molar-refractivity contribution in [2.45, 2.75) is 109 Å². The highest BCUT2D eigenvalue weighted by Gasteiger charge is 2.33. The number of aliphatic hydroxyl groups is 1. The van der Waals surface area contributed by atoms with Gasteiger partial charge in [0.25, 0.3) is 0 Å². The first-order valence-corrected chi connectivity index (χ1v) is 14.9. The molecule has 3 N–H and O–H groups in total. The number of aromatic nitrogens is 6. The number of imidazole rings is 1. The van der Waals surface area contributed by atoms with Gasteiger partial charge in [0.05, 0.1) is 12.1 Å². The summed E-state index contributed by atoms with van der Waals surface area (Å²) < 4.78 is 7.06. The van der Waals surface area contributed by atoms with Crippen LogP contribution in [0.2, 0.25) is 0 Å². The second kappa shape index (κ2) is 10.9. The smallest absolute Gasteiger partial charge is 0.391 e. The largest absolute Gasteiger partial charge is 0.439 e. The number of H-pyrrole nitrogens is 1. The maximum atomic E-state index is 11.7. The molecule has 3 aromatic rings. The van der Waals surface area contributed by atoms with Crippen LogP contribution in [0.25, 0.3) is 22.8 Å². The fourth-order valence-corrected chi connectivity index (χ4v) is 6.73. The Morgan fingerprint density at radius 2 is 1.85 bits per heavy atom. The van der Waals surface area contributed by atoms with Crippen molar-refractivity contribution in [2.24, 2.45) is 17.8 Å². The molecule has 0 bridgehead atoms. The molecule has 3 aliphatic rings. The van der Waals surface area contributed by atoms with Gasteiger partial charge in [0, 0.05) is 19.6 Å². The molecule has 3 aromatic heterocycles. The molecule has 0 radical (unpaired) electrons. The van der Waals surface area contributed by atoms with Crippen LogP contribution in [0.5, 0.6) is 0 Å². The summed E-state index contributed by atoms with van der Waals surface area (Å²) in [5.41, 5.74) is 1.44. The lowest BCUT2D eigenvalue weighted by molar-refractivity contribution is 0.105. The molecule has 3 aliphatic carbocycles. The molecule has 0 aliphatic heterocycles. The molecule has 39 heavy (non-hydrogen) atoms. The number of hydrogen-bond acceptors (Lipinski definition) is 9. The van der Waals surface area contributed by atoms with Gasteiger partial charge in [-0.25, -0.2) is 14.8 Å². The van der Waals surface area contributed by atoms with Gasteiger partial charge in [-0.15, -0.1) is 0 Å². The summed E-state index contributed by atoms with van der Waals surface area (Å²) in [6.07, 6.45) is 12.1. The summed E-state index contributed by atoms with van der Waals surface area (Å²) in [6.45, 7) is 5.39. The molecule has 11 heteroatoms. The lowest BCUT2D eigenvalue weighted by Gasteiger charge is -2.36. The van der Waals surface area contributed by atoms with E-state index in [1.54, 1.807) is 0 Å². The molecular weight excluding hydrogens is 496 g/mol. The van der Waals surface area contributed by atoms with Crippen molar-refractivity contribution in [3.63, 3.8) is 0 Å². The van der Waals surface area contributed by atoms with Gasteiger partial charge >= 0.3 is 5.76 Å². The van der Waals surface area contributed by atoms with E-state index in [1.165, 1.54) is 44.9 Å². The van der Waals surface area contributed by atoms with E-state index < -0.39 is 5.76 Å². The Labute approximate surface area is 228 Å². The van der Waals surface area contributed by atoms with E-state index in [0.29, 0.717) is 23.3 Å². The van der Waals surface area contributed by atoms with Crippen LogP contribution < -0.4 is 16.0 Å². The maximum Gasteiger partial charge on any atom is 0.439 e. The SMILES string of the molecule is C[C@@H](Nc1nc(-c2noc(=O)[nH]2)nc2nc(N(C)[C@@H]3CCCC[C@@H]3O)n(C[C@H]3CC[C@H](C)CC3)c12)C1CCC1. The van der Waals surface area contributed by atoms with Crippen molar-refractivity contribution in [3.8, 4) is 11.6 Å². The zero-order valence-corrected chi connectivity index (χ0v) is 23.4. The summed E-state index contributed by atoms with van der Waals surface area (Å²) in [6, 6.07) is 0.242. The number of likely N-dealkylation sites (N-methyl/N-ethyl adjacent to an activating group) is 1. The zero-order chi connectivity index (χ0) is 27.1. The van der Waals surface area contributed by atoms with Crippen molar-refractivity contribution < 1.29 is 9.63 Å². The average molecular weight is 539 g/mol. The van der Waals surface area contributed by atoms with Crippen molar-refractivity contribution in [2.75, 3.05) is 17.3 Å². The van der Waals surface area contributed by atoms with Crippen LogP contribution >= 0.6 is 0 Å². The summed E-state index contributed by atoms with van der Waals surface area (Å²) in [5.74, 6) is 3.26. The van der Waals surface area contributed by atoms with Gasteiger partial charge in [-0.2, -0.15) is 4.98 Å². The number of fused-ring (bicyclic) bond motifs is 1. The van der Waals surface area contributed by atoms with Crippen LogP contribution in [0.15, 0.2) is 9.32 Å². The number of anilines is 2. The van der Waals surface area contributed by atoms with E-state index in [9.17, 15) is 9.90 Å². The molecule has 0 spiro atoms. The lowest BCUT2D eigenvalue weighted by Crippen LogP contribution is -2.44. The molecule has 212 valence electrons. The van der Waals surface area contributed by atoms with E-state index in [2.05, 4.69) is 38.8 Å². The van der Waals surface area contributed by atoms with Crippen molar-refractivity contribution in [1.29, 1.82) is 0 Å². The Morgan fingerprint density at radius 3 is 2.51 bits per heavy atom. The topological polar surface area (TPSA) is 138 Å². The Morgan fingerprint density at radius 1 is 1.08 bits per heavy atom. The molecule has 3 heterocycles. The first kappa shape index (κ1) is 26.3. The monoisotopic (exact) mass is 538 g/mol. The Hall–Kier alpha value is -2.95. The Bertz CT molecular complexity index is 1340. The van der Waals surface area contributed by atoms with E-state index >= 15 is 0 Å². The number of nitrogens with one attached hydrogen (secondary N) is 2. The molecule has 0 saturated heterocycles. The first-order chi connectivity index (χ1) is 18.9. The third kappa shape index (κ3) is 5.29. The second-order valence-corrected chi connectivity index (χ2v) is 12.3.